The minimum atomic E-state index is 0. The molecule has 0 saturated carbocycles. The van der Waals surface area contributed by atoms with Gasteiger partial charge in [0.05, 0.1) is 0 Å². The molecule has 0 spiro atoms. The van der Waals surface area contributed by atoms with E-state index in [9.17, 15) is 4.79 Å². The van der Waals surface area contributed by atoms with Gasteiger partial charge in [0.1, 0.15) is 0 Å². The molecule has 0 aromatic heterocycles. The topological polar surface area (TPSA) is 56.7 Å². The maximum atomic E-state index is 11.8. The minimum Gasteiger partial charge on any atom is -0.357 e. The first-order valence-electron chi connectivity index (χ1n) is 9.55. The zero-order valence-electron chi connectivity index (χ0n) is 16.2. The lowest BCUT2D eigenvalue weighted by atomic mass is 9.97. The number of carbonyl (C=O) groups is 1. The van der Waals surface area contributed by atoms with Gasteiger partial charge in [0.25, 0.3) is 0 Å². The van der Waals surface area contributed by atoms with Crippen LogP contribution in [0, 0.1) is 0 Å². The highest BCUT2D eigenvalue weighted by molar-refractivity contribution is 14.0. The van der Waals surface area contributed by atoms with E-state index in [0.717, 1.165) is 45.0 Å². The van der Waals surface area contributed by atoms with Crippen molar-refractivity contribution in [3.05, 3.63) is 35.9 Å². The summed E-state index contributed by atoms with van der Waals surface area (Å²) < 4.78 is 0. The fourth-order valence-electron chi connectivity index (χ4n) is 3.24. The minimum absolute atomic E-state index is 0. The summed E-state index contributed by atoms with van der Waals surface area (Å²) in [4.78, 5) is 18.6. The molecule has 2 rings (SSSR count). The number of aliphatic imine (C=N–C) groups is 1. The Morgan fingerprint density at radius 2 is 2.00 bits per heavy atom. The van der Waals surface area contributed by atoms with Crippen LogP contribution in [0.4, 0.5) is 0 Å². The van der Waals surface area contributed by atoms with E-state index in [2.05, 4.69) is 54.8 Å². The van der Waals surface area contributed by atoms with Gasteiger partial charge in [-0.25, -0.2) is 0 Å². The van der Waals surface area contributed by atoms with Crippen molar-refractivity contribution in [3.63, 3.8) is 0 Å². The van der Waals surface area contributed by atoms with Gasteiger partial charge in [-0.05, 0) is 25.3 Å². The van der Waals surface area contributed by atoms with E-state index in [1.807, 2.05) is 11.8 Å². The van der Waals surface area contributed by atoms with Gasteiger partial charge in [0.15, 0.2) is 5.96 Å². The van der Waals surface area contributed by atoms with Crippen molar-refractivity contribution >= 4 is 35.8 Å². The van der Waals surface area contributed by atoms with Crippen molar-refractivity contribution in [1.29, 1.82) is 0 Å². The van der Waals surface area contributed by atoms with Crippen LogP contribution in [0.15, 0.2) is 35.3 Å². The number of nitrogens with one attached hydrogen (secondary N) is 2. The maximum absolute atomic E-state index is 11.8. The van der Waals surface area contributed by atoms with Gasteiger partial charge >= 0.3 is 0 Å². The normalized spacial score (nSPS) is 18.2. The molecule has 146 valence electrons. The van der Waals surface area contributed by atoms with Crippen LogP contribution < -0.4 is 10.6 Å². The Bertz CT molecular complexity index is 564. The molecule has 0 aliphatic carbocycles. The number of guanidine groups is 1. The summed E-state index contributed by atoms with van der Waals surface area (Å²) in [5.41, 5.74) is 1.34. The molecule has 1 saturated heterocycles. The molecule has 6 heteroatoms. The Morgan fingerprint density at radius 3 is 2.62 bits per heavy atom. The smallest absolute Gasteiger partial charge is 0.222 e. The molecule has 1 aliphatic rings. The maximum Gasteiger partial charge on any atom is 0.222 e. The Labute approximate surface area is 175 Å². The molecule has 1 aliphatic heterocycles. The highest BCUT2D eigenvalue weighted by Gasteiger charge is 2.25. The molecule has 1 aromatic rings. The number of nitrogens with zero attached hydrogens (tertiary/aromatic N) is 2. The van der Waals surface area contributed by atoms with Crippen molar-refractivity contribution in [2.75, 3.05) is 26.2 Å². The van der Waals surface area contributed by atoms with Crippen LogP contribution in [0.5, 0.6) is 0 Å². The van der Waals surface area contributed by atoms with E-state index in [1.165, 1.54) is 5.56 Å². The van der Waals surface area contributed by atoms with Gasteiger partial charge in [0.2, 0.25) is 5.91 Å². The van der Waals surface area contributed by atoms with Crippen molar-refractivity contribution in [3.8, 4) is 0 Å². The van der Waals surface area contributed by atoms with Crippen LogP contribution in [-0.4, -0.2) is 49.0 Å². The Kier molecular flexibility index (Phi) is 10.6. The molecule has 1 heterocycles. The molecule has 1 aromatic carbocycles. The number of hydrogen-bond donors (Lipinski definition) is 2. The van der Waals surface area contributed by atoms with Crippen molar-refractivity contribution in [1.82, 2.24) is 15.5 Å². The molecule has 0 radical (unpaired) electrons. The molecule has 2 unspecified atom stereocenters. The monoisotopic (exact) mass is 472 g/mol. The van der Waals surface area contributed by atoms with Gasteiger partial charge < -0.3 is 15.5 Å². The molecule has 0 bridgehead atoms. The molecule has 2 N–H and O–H groups in total. The second-order valence-electron chi connectivity index (χ2n) is 6.56. The number of hydrogen-bond acceptors (Lipinski definition) is 2. The zero-order valence-corrected chi connectivity index (χ0v) is 18.5. The lowest BCUT2D eigenvalue weighted by Gasteiger charge is -2.20. The Morgan fingerprint density at radius 1 is 1.27 bits per heavy atom. The van der Waals surface area contributed by atoms with E-state index in [0.29, 0.717) is 12.3 Å². The fraction of sp³-hybridized carbons (Fsp3) is 0.600. The fourth-order valence-corrected chi connectivity index (χ4v) is 3.24. The summed E-state index contributed by atoms with van der Waals surface area (Å²) in [7, 11) is 0. The summed E-state index contributed by atoms with van der Waals surface area (Å²) in [6.45, 7) is 9.41. The number of carbonyl (C=O) groups excluding carboxylic acids is 1. The van der Waals surface area contributed by atoms with E-state index in [1.54, 1.807) is 0 Å². The molecule has 26 heavy (non-hydrogen) atoms. The van der Waals surface area contributed by atoms with Crippen LogP contribution in [0.3, 0.4) is 0 Å². The number of amides is 1. The summed E-state index contributed by atoms with van der Waals surface area (Å²) in [6, 6.07) is 10.9. The predicted octanol–water partition coefficient (Wildman–Crippen LogP) is 3.36. The summed E-state index contributed by atoms with van der Waals surface area (Å²) >= 11 is 0. The number of likely N-dealkylation sites (tertiary alicyclic amines) is 1. The van der Waals surface area contributed by atoms with Crippen LogP contribution in [0.25, 0.3) is 0 Å². The summed E-state index contributed by atoms with van der Waals surface area (Å²) in [5, 5.41) is 6.84. The van der Waals surface area contributed by atoms with Crippen molar-refractivity contribution < 1.29 is 4.79 Å². The van der Waals surface area contributed by atoms with Crippen LogP contribution in [0.2, 0.25) is 0 Å². The van der Waals surface area contributed by atoms with E-state index < -0.39 is 0 Å². The quantitative estimate of drug-likeness (QED) is 0.364. The van der Waals surface area contributed by atoms with E-state index in [4.69, 9.17) is 4.99 Å². The standard InChI is InChI=1S/C20H32N4O.HI/c1-4-16(17-10-8-7-9-11-17)14-22-20(21-6-3)23-18-12-13-24(15-18)19(25)5-2;/h7-11,16,18H,4-6,12-15H2,1-3H3,(H2,21,22,23);1H. The third kappa shape index (κ3) is 6.78. The molecule has 1 amide bonds. The first kappa shape index (κ1) is 22.7. The third-order valence-corrected chi connectivity index (χ3v) is 4.76. The van der Waals surface area contributed by atoms with Gasteiger partial charge in [-0.15, -0.1) is 24.0 Å². The van der Waals surface area contributed by atoms with E-state index >= 15 is 0 Å². The highest BCUT2D eigenvalue weighted by Crippen LogP contribution is 2.19. The largest absolute Gasteiger partial charge is 0.357 e. The average molecular weight is 472 g/mol. The number of benzene rings is 1. The molecular weight excluding hydrogens is 439 g/mol. The average Bonchev–Trinajstić information content (AvgIpc) is 3.11. The Hall–Kier alpha value is -1.31. The van der Waals surface area contributed by atoms with Crippen molar-refractivity contribution in [2.24, 2.45) is 4.99 Å². The lowest BCUT2D eigenvalue weighted by Crippen LogP contribution is -2.45. The lowest BCUT2D eigenvalue weighted by molar-refractivity contribution is -0.129. The third-order valence-electron chi connectivity index (χ3n) is 4.76. The van der Waals surface area contributed by atoms with Gasteiger partial charge in [-0.2, -0.15) is 0 Å². The number of rotatable bonds is 7. The van der Waals surface area contributed by atoms with Crippen LogP contribution in [-0.2, 0) is 4.79 Å². The molecule has 1 fully saturated rings. The van der Waals surface area contributed by atoms with Crippen molar-refractivity contribution in [2.45, 2.75) is 52.0 Å². The second-order valence-corrected chi connectivity index (χ2v) is 6.56. The summed E-state index contributed by atoms with van der Waals surface area (Å²) in [6.07, 6.45) is 2.62. The molecule has 2 atom stereocenters. The second kappa shape index (κ2) is 12.1. The highest BCUT2D eigenvalue weighted by atomic mass is 127. The zero-order chi connectivity index (χ0) is 18.1. The van der Waals surface area contributed by atoms with Gasteiger partial charge in [-0.3, -0.25) is 9.79 Å². The molecular formula is C20H33IN4O. The van der Waals surface area contributed by atoms with Crippen LogP contribution in [0.1, 0.15) is 51.5 Å². The predicted molar refractivity (Wildman–Crippen MR) is 119 cm³/mol. The number of halogens is 1. The van der Waals surface area contributed by atoms with Crippen LogP contribution >= 0.6 is 24.0 Å². The first-order valence-corrected chi connectivity index (χ1v) is 9.55. The summed E-state index contributed by atoms with van der Waals surface area (Å²) in [5.74, 6) is 1.52. The van der Waals surface area contributed by atoms with E-state index in [-0.39, 0.29) is 35.9 Å². The first-order chi connectivity index (χ1) is 12.2. The SMILES string of the molecule is CCNC(=NCC(CC)c1ccccc1)NC1CCN(C(=O)CC)C1.I. The van der Waals surface area contributed by atoms with Gasteiger partial charge in [-0.1, -0.05) is 44.2 Å². The van der Waals surface area contributed by atoms with Gasteiger partial charge in [0, 0.05) is 44.6 Å². The molecule has 5 nitrogen and oxygen atoms in total. The Balaban J connectivity index is 0.00000338.